The Kier molecular flexibility index (Phi) is 5.70. The van der Waals surface area contributed by atoms with Gasteiger partial charge in [-0.15, -0.1) is 0 Å². The van der Waals surface area contributed by atoms with Gasteiger partial charge in [0.1, 0.15) is 0 Å². The quantitative estimate of drug-likeness (QED) is 0.630. The molecule has 1 atom stereocenters. The number of nitrogens with one attached hydrogen (secondary N) is 1. The molecule has 0 bridgehead atoms. The minimum atomic E-state index is -0.541. The van der Waals surface area contributed by atoms with Crippen molar-refractivity contribution in [2.45, 2.75) is 33.2 Å². The van der Waals surface area contributed by atoms with Gasteiger partial charge < -0.3 is 10.1 Å². The van der Waals surface area contributed by atoms with Gasteiger partial charge in [0.25, 0.3) is 0 Å². The Balaban J connectivity index is 2.83. The average molecular weight is 263 g/mol. The third-order valence-corrected chi connectivity index (χ3v) is 3.13. The highest BCUT2D eigenvalue weighted by atomic mass is 16.5. The highest BCUT2D eigenvalue weighted by Crippen LogP contribution is 2.13. The molecule has 0 spiro atoms. The molecule has 0 heterocycles. The first-order valence-electron chi connectivity index (χ1n) is 6.44. The van der Waals surface area contributed by atoms with Gasteiger partial charge in [-0.2, -0.15) is 0 Å². The summed E-state index contributed by atoms with van der Waals surface area (Å²) in [5.41, 5.74) is 2.83. The van der Waals surface area contributed by atoms with Crippen LogP contribution in [0.15, 0.2) is 18.2 Å². The molecule has 1 aromatic rings. The van der Waals surface area contributed by atoms with Crippen LogP contribution in [0.4, 0.5) is 0 Å². The highest BCUT2D eigenvalue weighted by Gasteiger charge is 2.22. The van der Waals surface area contributed by atoms with Gasteiger partial charge in [-0.3, -0.25) is 9.59 Å². The van der Waals surface area contributed by atoms with E-state index in [9.17, 15) is 9.59 Å². The normalized spacial score (nSPS) is 12.0. The van der Waals surface area contributed by atoms with Crippen LogP contribution < -0.4 is 5.32 Å². The van der Waals surface area contributed by atoms with Gasteiger partial charge in [0.15, 0.2) is 5.78 Å². The van der Waals surface area contributed by atoms with E-state index in [0.29, 0.717) is 12.2 Å². The lowest BCUT2D eigenvalue weighted by Crippen LogP contribution is -2.36. The van der Waals surface area contributed by atoms with Gasteiger partial charge in [0.2, 0.25) is 0 Å². The highest BCUT2D eigenvalue weighted by molar-refractivity contribution is 6.02. The average Bonchev–Trinajstić information content (AvgIpc) is 2.38. The summed E-state index contributed by atoms with van der Waals surface area (Å²) in [5, 5.41) is 2.87. The summed E-state index contributed by atoms with van der Waals surface area (Å²) >= 11 is 0. The van der Waals surface area contributed by atoms with E-state index < -0.39 is 6.04 Å². The molecule has 1 aromatic carbocycles. The van der Waals surface area contributed by atoms with Crippen molar-refractivity contribution in [3.8, 4) is 0 Å². The fraction of sp³-hybridized carbons (Fsp3) is 0.467. The van der Waals surface area contributed by atoms with E-state index in [-0.39, 0.29) is 18.2 Å². The Bertz CT molecular complexity index is 468. The van der Waals surface area contributed by atoms with Crippen molar-refractivity contribution in [2.75, 3.05) is 13.7 Å². The predicted octanol–water partition coefficient (Wildman–Crippen LogP) is 2.03. The van der Waals surface area contributed by atoms with Crippen molar-refractivity contribution in [1.29, 1.82) is 0 Å². The van der Waals surface area contributed by atoms with Crippen molar-refractivity contribution in [3.63, 3.8) is 0 Å². The summed E-state index contributed by atoms with van der Waals surface area (Å²) in [6.07, 6.45) is 0.0517. The number of aryl methyl sites for hydroxylation is 2. The molecule has 0 aromatic heterocycles. The molecular weight excluding hydrogens is 242 g/mol. The van der Waals surface area contributed by atoms with E-state index in [1.165, 1.54) is 0 Å². The van der Waals surface area contributed by atoms with Gasteiger partial charge >= 0.3 is 5.97 Å². The summed E-state index contributed by atoms with van der Waals surface area (Å²) in [5.74, 6) is -0.447. The van der Waals surface area contributed by atoms with Gasteiger partial charge in [0.05, 0.1) is 19.1 Å². The van der Waals surface area contributed by atoms with E-state index >= 15 is 0 Å². The summed E-state index contributed by atoms with van der Waals surface area (Å²) in [4.78, 5) is 23.8. The summed E-state index contributed by atoms with van der Waals surface area (Å²) in [7, 11) is 1.67. The maximum absolute atomic E-state index is 12.3. The van der Waals surface area contributed by atoms with Crippen LogP contribution in [0.1, 0.15) is 34.8 Å². The number of ketones is 1. The number of rotatable bonds is 6. The Labute approximate surface area is 114 Å². The number of ether oxygens (including phenoxy) is 1. The minimum absolute atomic E-state index is 0.0517. The molecule has 1 rings (SSSR count). The van der Waals surface area contributed by atoms with Crippen LogP contribution in [-0.2, 0) is 9.53 Å². The van der Waals surface area contributed by atoms with Crippen LogP contribution in [0.3, 0.4) is 0 Å². The summed E-state index contributed by atoms with van der Waals surface area (Å²) in [6, 6.07) is 5.02. The first-order valence-corrected chi connectivity index (χ1v) is 6.44. The van der Waals surface area contributed by atoms with Crippen molar-refractivity contribution < 1.29 is 14.3 Å². The topological polar surface area (TPSA) is 55.4 Å². The van der Waals surface area contributed by atoms with Gasteiger partial charge in [0, 0.05) is 5.56 Å². The zero-order chi connectivity index (χ0) is 14.4. The molecule has 0 aliphatic heterocycles. The van der Waals surface area contributed by atoms with Crippen molar-refractivity contribution in [3.05, 3.63) is 34.9 Å². The maximum atomic E-state index is 12.3. The number of carbonyl (C=O) groups excluding carboxylic acids is 2. The SMILES string of the molecule is CCOC(=O)CC(NC)C(=O)c1ccc(C)c(C)c1. The number of hydrogen-bond donors (Lipinski definition) is 1. The summed E-state index contributed by atoms with van der Waals surface area (Å²) in [6.45, 7) is 6.04. The Hall–Kier alpha value is -1.68. The first-order chi connectivity index (χ1) is 8.99. The van der Waals surface area contributed by atoms with Crippen molar-refractivity contribution in [2.24, 2.45) is 0 Å². The number of hydrogen-bond acceptors (Lipinski definition) is 4. The number of likely N-dealkylation sites (N-methyl/N-ethyl adjacent to an activating group) is 1. The van der Waals surface area contributed by atoms with Crippen LogP contribution in [0.5, 0.6) is 0 Å². The van der Waals surface area contributed by atoms with Gasteiger partial charge in [-0.05, 0) is 45.0 Å². The molecule has 0 aliphatic carbocycles. The van der Waals surface area contributed by atoms with Crippen LogP contribution >= 0.6 is 0 Å². The molecule has 0 aliphatic rings. The molecule has 0 amide bonds. The molecule has 0 radical (unpaired) electrons. The molecule has 4 nitrogen and oxygen atoms in total. The monoisotopic (exact) mass is 263 g/mol. The zero-order valence-electron chi connectivity index (χ0n) is 11.9. The molecule has 0 saturated carbocycles. The lowest BCUT2D eigenvalue weighted by atomic mass is 9.98. The van der Waals surface area contributed by atoms with Crippen LogP contribution in [0.25, 0.3) is 0 Å². The minimum Gasteiger partial charge on any atom is -0.466 e. The van der Waals surface area contributed by atoms with Gasteiger partial charge in [-0.25, -0.2) is 0 Å². The second kappa shape index (κ2) is 7.04. The van der Waals surface area contributed by atoms with Crippen LogP contribution in [0.2, 0.25) is 0 Å². The van der Waals surface area contributed by atoms with E-state index in [1.54, 1.807) is 20.0 Å². The Morgan fingerprint density at radius 3 is 2.47 bits per heavy atom. The van der Waals surface area contributed by atoms with E-state index in [1.807, 2.05) is 26.0 Å². The Morgan fingerprint density at radius 2 is 1.95 bits per heavy atom. The third kappa shape index (κ3) is 4.17. The van der Waals surface area contributed by atoms with Crippen molar-refractivity contribution in [1.82, 2.24) is 5.32 Å². The molecule has 0 fully saturated rings. The fourth-order valence-electron chi connectivity index (χ4n) is 1.81. The van der Waals surface area contributed by atoms with Crippen molar-refractivity contribution >= 4 is 11.8 Å². The van der Waals surface area contributed by atoms with E-state index in [0.717, 1.165) is 11.1 Å². The molecule has 4 heteroatoms. The standard InChI is InChI=1S/C15H21NO3/c1-5-19-14(17)9-13(16-4)15(18)12-7-6-10(2)11(3)8-12/h6-8,13,16H,5,9H2,1-4H3. The molecule has 19 heavy (non-hydrogen) atoms. The molecular formula is C15H21NO3. The number of carbonyl (C=O) groups is 2. The molecule has 1 N–H and O–H groups in total. The van der Waals surface area contributed by atoms with Crippen LogP contribution in [-0.4, -0.2) is 31.4 Å². The number of Topliss-reactive ketones (excluding diaryl/α,β-unsaturated/α-hetero) is 1. The predicted molar refractivity (Wildman–Crippen MR) is 74.3 cm³/mol. The second-order valence-electron chi connectivity index (χ2n) is 4.51. The zero-order valence-corrected chi connectivity index (χ0v) is 11.9. The molecule has 1 unspecified atom stereocenters. The van der Waals surface area contributed by atoms with E-state index in [2.05, 4.69) is 5.32 Å². The van der Waals surface area contributed by atoms with Crippen LogP contribution in [0, 0.1) is 13.8 Å². The molecule has 0 saturated heterocycles. The number of benzene rings is 1. The molecule has 104 valence electrons. The Morgan fingerprint density at radius 1 is 1.26 bits per heavy atom. The number of esters is 1. The lowest BCUT2D eigenvalue weighted by molar-refractivity contribution is -0.143. The summed E-state index contributed by atoms with van der Waals surface area (Å²) < 4.78 is 4.87. The third-order valence-electron chi connectivity index (χ3n) is 3.13. The fourth-order valence-corrected chi connectivity index (χ4v) is 1.81. The largest absolute Gasteiger partial charge is 0.466 e. The van der Waals surface area contributed by atoms with Gasteiger partial charge in [-0.1, -0.05) is 12.1 Å². The maximum Gasteiger partial charge on any atom is 0.307 e. The van der Waals surface area contributed by atoms with E-state index in [4.69, 9.17) is 4.74 Å². The lowest BCUT2D eigenvalue weighted by Gasteiger charge is -2.15. The first kappa shape index (κ1) is 15.4. The smallest absolute Gasteiger partial charge is 0.307 e. The second-order valence-corrected chi connectivity index (χ2v) is 4.51.